The number of rotatable bonds is 11. The molecule has 0 spiro atoms. The number of guanidine groups is 1. The van der Waals surface area contributed by atoms with Gasteiger partial charge in [0.2, 0.25) is 5.96 Å². The van der Waals surface area contributed by atoms with Crippen LogP contribution in [0.1, 0.15) is 73.3 Å². The van der Waals surface area contributed by atoms with E-state index < -0.39 is 23.5 Å². The van der Waals surface area contributed by atoms with Crippen molar-refractivity contribution in [3.63, 3.8) is 0 Å². The minimum atomic E-state index is -4.98. The molecule has 13 heteroatoms. The van der Waals surface area contributed by atoms with E-state index in [0.717, 1.165) is 71.7 Å². The van der Waals surface area contributed by atoms with Gasteiger partial charge < -0.3 is 15.5 Å². The van der Waals surface area contributed by atoms with Gasteiger partial charge in [0.25, 0.3) is 0 Å². The molecule has 0 aliphatic heterocycles. The van der Waals surface area contributed by atoms with Crippen LogP contribution in [0.2, 0.25) is 0 Å². The fourth-order valence-corrected chi connectivity index (χ4v) is 5.56. The quantitative estimate of drug-likeness (QED) is 0.0772. The van der Waals surface area contributed by atoms with E-state index >= 15 is 0 Å². The predicted octanol–water partition coefficient (Wildman–Crippen LogP) is 7.06. The smallest absolute Gasteiger partial charge is 0.368 e. The average Bonchev–Trinajstić information content (AvgIpc) is 3.87. The Labute approximate surface area is 258 Å². The first kappa shape index (κ1) is 32.6. The summed E-state index contributed by atoms with van der Waals surface area (Å²) < 4.78 is 82.1. The third-order valence-electron chi connectivity index (χ3n) is 8.17. The zero-order chi connectivity index (χ0) is 32.7. The van der Waals surface area contributed by atoms with Gasteiger partial charge in [-0.15, -0.1) is 5.10 Å². The molecular formula is C32H39F6N7. The van der Waals surface area contributed by atoms with Gasteiger partial charge in [0, 0.05) is 44.2 Å². The first-order chi connectivity index (χ1) is 21.1. The molecule has 2 fully saturated rings. The first-order valence-corrected chi connectivity index (χ1v) is 15.1. The summed E-state index contributed by atoms with van der Waals surface area (Å²) in [4.78, 5) is 8.95. The van der Waals surface area contributed by atoms with Crippen LogP contribution in [0.15, 0.2) is 47.6 Å². The molecule has 0 bridgehead atoms. The highest BCUT2D eigenvalue weighted by atomic mass is 19.4. The first-order valence-electron chi connectivity index (χ1n) is 15.1. The number of aromatic nitrogens is 1. The summed E-state index contributed by atoms with van der Waals surface area (Å²) in [6, 6.07) is 9.49. The van der Waals surface area contributed by atoms with Gasteiger partial charge in [0.1, 0.15) is 5.82 Å². The summed E-state index contributed by atoms with van der Waals surface area (Å²) in [6.07, 6.45) is -5.43. The lowest BCUT2D eigenvalue weighted by molar-refractivity contribution is -0.143. The van der Waals surface area contributed by atoms with Crippen molar-refractivity contribution in [2.75, 3.05) is 25.0 Å². The Morgan fingerprint density at radius 2 is 1.49 bits per heavy atom. The molecule has 2 saturated carbocycles. The average molecular weight is 636 g/mol. The molecule has 5 rings (SSSR count). The molecule has 0 saturated heterocycles. The number of hydrazone groups is 1. The standard InChI is InChI=1S/C32H39F6N7/c1-19(2)27-6-4-5-23-13-24(29(41-28(23)27)44(15-20-7-8-20)16-21-9-10-21)18-45(30(39)42-43(3)40)17-22-11-25(31(33,34)35)14-26(12-22)32(36,37)38/h4-6,11-14,19-21H,7-10,15-18,40H2,1-3H3,(H2,39,42). The van der Waals surface area contributed by atoms with E-state index in [0.29, 0.717) is 24.0 Å². The maximum atomic E-state index is 13.7. The van der Waals surface area contributed by atoms with Crippen molar-refractivity contribution < 1.29 is 26.3 Å². The van der Waals surface area contributed by atoms with E-state index in [4.69, 9.17) is 16.6 Å². The molecule has 2 aliphatic rings. The van der Waals surface area contributed by atoms with Crippen molar-refractivity contribution in [3.05, 3.63) is 70.3 Å². The van der Waals surface area contributed by atoms with Gasteiger partial charge in [-0.25, -0.2) is 15.9 Å². The van der Waals surface area contributed by atoms with E-state index in [-0.39, 0.29) is 36.6 Å². The third kappa shape index (κ3) is 8.30. The lowest BCUT2D eigenvalue weighted by Crippen LogP contribution is -2.40. The highest BCUT2D eigenvalue weighted by Crippen LogP contribution is 2.39. The van der Waals surface area contributed by atoms with Crippen LogP contribution < -0.4 is 16.5 Å². The fraction of sp³-hybridized carbons (Fsp3) is 0.500. The van der Waals surface area contributed by atoms with Crippen molar-refractivity contribution in [2.24, 2.45) is 28.5 Å². The zero-order valence-electron chi connectivity index (χ0n) is 25.6. The molecule has 0 radical (unpaired) electrons. The maximum Gasteiger partial charge on any atom is 0.416 e. The lowest BCUT2D eigenvalue weighted by Gasteiger charge is -2.30. The van der Waals surface area contributed by atoms with E-state index in [1.54, 1.807) is 0 Å². The second-order valence-corrected chi connectivity index (χ2v) is 12.6. The van der Waals surface area contributed by atoms with Gasteiger partial charge in [-0.2, -0.15) is 26.3 Å². The number of alkyl halides is 6. The predicted molar refractivity (Wildman–Crippen MR) is 163 cm³/mol. The number of hydrogen-bond donors (Lipinski definition) is 2. The number of benzene rings is 2. The molecule has 2 aliphatic carbocycles. The number of pyridine rings is 1. The number of halogens is 6. The number of nitrogens with zero attached hydrogens (tertiary/aromatic N) is 5. The number of hydrogen-bond acceptors (Lipinski definition) is 5. The molecule has 1 aromatic heterocycles. The van der Waals surface area contributed by atoms with E-state index in [2.05, 4.69) is 29.9 Å². The second-order valence-electron chi connectivity index (χ2n) is 12.6. The Morgan fingerprint density at radius 1 is 0.911 bits per heavy atom. The molecule has 3 aromatic rings. The summed E-state index contributed by atoms with van der Waals surface area (Å²) in [6.45, 7) is 5.49. The fourth-order valence-electron chi connectivity index (χ4n) is 5.56. The normalized spacial score (nSPS) is 16.0. The number of nitrogens with two attached hydrogens (primary N) is 2. The Hall–Kier alpha value is -3.74. The number of anilines is 1. The highest BCUT2D eigenvalue weighted by molar-refractivity contribution is 5.86. The van der Waals surface area contributed by atoms with Crippen LogP contribution in [-0.2, 0) is 25.4 Å². The minimum Gasteiger partial charge on any atom is -0.368 e. The number of hydrazine groups is 1. The Bertz CT molecular complexity index is 1500. The molecule has 45 heavy (non-hydrogen) atoms. The molecule has 2 aromatic carbocycles. The van der Waals surface area contributed by atoms with Crippen LogP contribution in [-0.4, -0.2) is 41.1 Å². The van der Waals surface area contributed by atoms with E-state index in [1.807, 2.05) is 18.2 Å². The molecule has 7 nitrogen and oxygen atoms in total. The van der Waals surface area contributed by atoms with Crippen LogP contribution in [0.3, 0.4) is 0 Å². The molecule has 0 unspecified atom stereocenters. The Balaban J connectivity index is 1.62. The van der Waals surface area contributed by atoms with Gasteiger partial charge in [-0.3, -0.25) is 0 Å². The van der Waals surface area contributed by atoms with E-state index in [9.17, 15) is 26.3 Å². The largest absolute Gasteiger partial charge is 0.416 e. The monoisotopic (exact) mass is 635 g/mol. The minimum absolute atomic E-state index is 0.0246. The lowest BCUT2D eigenvalue weighted by atomic mass is 9.98. The Morgan fingerprint density at radius 3 is 1.98 bits per heavy atom. The van der Waals surface area contributed by atoms with Gasteiger partial charge in [-0.05, 0) is 78.8 Å². The van der Waals surface area contributed by atoms with Gasteiger partial charge in [-0.1, -0.05) is 32.0 Å². The summed E-state index contributed by atoms with van der Waals surface area (Å²) in [5.74, 6) is 7.61. The van der Waals surface area contributed by atoms with Crippen LogP contribution in [0.25, 0.3) is 10.9 Å². The van der Waals surface area contributed by atoms with Crippen LogP contribution >= 0.6 is 0 Å². The zero-order valence-corrected chi connectivity index (χ0v) is 25.6. The number of para-hydroxylation sites is 1. The van der Waals surface area contributed by atoms with Crippen LogP contribution in [0.4, 0.5) is 32.2 Å². The Kier molecular flexibility index (Phi) is 9.12. The van der Waals surface area contributed by atoms with Gasteiger partial charge in [0.05, 0.1) is 16.6 Å². The summed E-state index contributed by atoms with van der Waals surface area (Å²) in [5.41, 5.74) is 6.00. The number of fused-ring (bicyclic) bond motifs is 1. The van der Waals surface area contributed by atoms with Crippen molar-refractivity contribution in [2.45, 2.75) is 70.9 Å². The molecule has 4 N–H and O–H groups in total. The molecular weight excluding hydrogens is 596 g/mol. The van der Waals surface area contributed by atoms with Crippen LogP contribution in [0.5, 0.6) is 0 Å². The van der Waals surface area contributed by atoms with Crippen molar-refractivity contribution in [1.29, 1.82) is 0 Å². The van der Waals surface area contributed by atoms with Crippen molar-refractivity contribution >= 4 is 22.7 Å². The molecule has 244 valence electrons. The SMILES string of the molecule is CC(C)c1cccc2cc(CN(Cc3cc(C(F)(F)F)cc(C(F)(F)F)c3)/C(N)=N/N(C)N)c(N(CC3CC3)CC3CC3)nc12. The van der Waals surface area contributed by atoms with Crippen molar-refractivity contribution in [3.8, 4) is 0 Å². The summed E-state index contributed by atoms with van der Waals surface area (Å²) in [5, 5.41) is 5.87. The van der Waals surface area contributed by atoms with Crippen LogP contribution in [0, 0.1) is 11.8 Å². The second kappa shape index (κ2) is 12.6. The molecule has 1 heterocycles. The maximum absolute atomic E-state index is 13.7. The molecule has 0 amide bonds. The third-order valence-corrected chi connectivity index (χ3v) is 8.17. The summed E-state index contributed by atoms with van der Waals surface area (Å²) in [7, 11) is 1.42. The van der Waals surface area contributed by atoms with E-state index in [1.165, 1.54) is 11.9 Å². The molecule has 0 atom stereocenters. The van der Waals surface area contributed by atoms with Crippen molar-refractivity contribution in [1.82, 2.24) is 15.0 Å². The summed E-state index contributed by atoms with van der Waals surface area (Å²) >= 11 is 0. The van der Waals surface area contributed by atoms with Gasteiger partial charge in [0.15, 0.2) is 0 Å². The topological polar surface area (TPSA) is 87.0 Å². The highest BCUT2D eigenvalue weighted by Gasteiger charge is 2.37. The van der Waals surface area contributed by atoms with Gasteiger partial charge >= 0.3 is 12.4 Å².